The first-order valence-corrected chi connectivity index (χ1v) is 25.9. The number of hydrogen-bond donors (Lipinski definition) is 0. The van der Waals surface area contributed by atoms with E-state index in [4.69, 9.17) is 4.42 Å². The SMILES string of the molecule is Cc1cc(N(c2ccc(C(C)(C)C)cc2)c2ccc(C(C)(C)C)cc2-c2ccc3c(c2C)C(C)(C)CCC3(C)C)cc(N(c2ccc(C(C)(C)C)cc2)c2coc3c2C(C)(C)c2ccc(C(F)(F)F)cc2-3)c1. The fourth-order valence-corrected chi connectivity index (χ4v) is 11.7. The van der Waals surface area contributed by atoms with Crippen molar-refractivity contribution < 1.29 is 17.6 Å². The summed E-state index contributed by atoms with van der Waals surface area (Å²) in [4.78, 5) is 4.67. The predicted octanol–water partition coefficient (Wildman–Crippen LogP) is 20.1. The van der Waals surface area contributed by atoms with Gasteiger partial charge in [-0.3, -0.25) is 0 Å². The van der Waals surface area contributed by atoms with Crippen molar-refractivity contribution in [2.75, 3.05) is 9.80 Å². The topological polar surface area (TPSA) is 19.6 Å². The zero-order chi connectivity index (χ0) is 52.5. The van der Waals surface area contributed by atoms with Crippen LogP contribution in [0.15, 0.2) is 126 Å². The molecule has 0 bridgehead atoms. The van der Waals surface area contributed by atoms with Gasteiger partial charge in [0.15, 0.2) is 0 Å². The van der Waals surface area contributed by atoms with Crippen molar-refractivity contribution in [2.24, 2.45) is 0 Å². The summed E-state index contributed by atoms with van der Waals surface area (Å²) in [7, 11) is 0. The van der Waals surface area contributed by atoms with Crippen LogP contribution in [0.4, 0.5) is 47.3 Å². The van der Waals surface area contributed by atoms with Crippen LogP contribution in [0.25, 0.3) is 22.5 Å². The minimum Gasteiger partial charge on any atom is -0.462 e. The van der Waals surface area contributed by atoms with E-state index in [2.05, 4.69) is 225 Å². The molecule has 0 saturated carbocycles. The fourth-order valence-electron chi connectivity index (χ4n) is 11.7. The second-order valence-electron chi connectivity index (χ2n) is 25.9. The van der Waals surface area contributed by atoms with Gasteiger partial charge >= 0.3 is 6.18 Å². The fraction of sp³-hybridized carbons (Fsp3) is 0.394. The van der Waals surface area contributed by atoms with Crippen LogP contribution in [-0.4, -0.2) is 0 Å². The van der Waals surface area contributed by atoms with E-state index in [1.165, 1.54) is 56.6 Å². The molecule has 1 heterocycles. The molecule has 376 valence electrons. The molecule has 0 N–H and O–H groups in total. The molecular formula is C66H75F3N2O. The van der Waals surface area contributed by atoms with Gasteiger partial charge in [0.1, 0.15) is 12.0 Å². The van der Waals surface area contributed by atoms with Gasteiger partial charge < -0.3 is 14.2 Å². The van der Waals surface area contributed by atoms with E-state index >= 15 is 0 Å². The number of furan rings is 1. The van der Waals surface area contributed by atoms with E-state index in [0.717, 1.165) is 63.7 Å². The Morgan fingerprint density at radius 3 is 1.44 bits per heavy atom. The third kappa shape index (κ3) is 8.89. The summed E-state index contributed by atoms with van der Waals surface area (Å²) in [5, 5.41) is 0. The van der Waals surface area contributed by atoms with Gasteiger partial charge in [0.25, 0.3) is 0 Å². The lowest BCUT2D eigenvalue weighted by atomic mass is 9.61. The molecular weight excluding hydrogens is 894 g/mol. The highest BCUT2D eigenvalue weighted by Crippen LogP contribution is 2.57. The molecule has 0 spiro atoms. The van der Waals surface area contributed by atoms with Crippen LogP contribution in [-0.2, 0) is 38.7 Å². The predicted molar refractivity (Wildman–Crippen MR) is 297 cm³/mol. The number of aryl methyl sites for hydroxylation is 1. The largest absolute Gasteiger partial charge is 0.462 e. The number of rotatable bonds is 7. The first kappa shape index (κ1) is 50.9. The highest BCUT2D eigenvalue weighted by molar-refractivity contribution is 5.93. The van der Waals surface area contributed by atoms with E-state index < -0.39 is 17.2 Å². The molecule has 0 radical (unpaired) electrons. The second-order valence-corrected chi connectivity index (χ2v) is 25.9. The lowest BCUT2D eigenvalue weighted by Crippen LogP contribution is -2.34. The van der Waals surface area contributed by atoms with E-state index in [1.807, 2.05) is 0 Å². The van der Waals surface area contributed by atoms with E-state index in [0.29, 0.717) is 11.3 Å². The van der Waals surface area contributed by atoms with Gasteiger partial charge in [0, 0.05) is 44.9 Å². The second kappa shape index (κ2) is 17.0. The Balaban J connectivity index is 1.32. The molecule has 2 aliphatic rings. The van der Waals surface area contributed by atoms with Gasteiger partial charge in [-0.15, -0.1) is 0 Å². The lowest BCUT2D eigenvalue weighted by Gasteiger charge is -2.43. The van der Waals surface area contributed by atoms with Gasteiger partial charge in [-0.1, -0.05) is 152 Å². The molecule has 0 amide bonds. The molecule has 0 fully saturated rings. The maximum absolute atomic E-state index is 14.3. The van der Waals surface area contributed by atoms with Gasteiger partial charge in [-0.25, -0.2) is 0 Å². The average molecular weight is 969 g/mol. The van der Waals surface area contributed by atoms with Crippen LogP contribution in [0.2, 0.25) is 0 Å². The van der Waals surface area contributed by atoms with E-state index in [1.54, 1.807) is 12.3 Å². The van der Waals surface area contributed by atoms with Crippen LogP contribution in [0.5, 0.6) is 0 Å². The number of nitrogens with zero attached hydrogens (tertiary/aromatic N) is 2. The number of hydrogen-bond acceptors (Lipinski definition) is 3. The van der Waals surface area contributed by atoms with Crippen molar-refractivity contribution in [1.29, 1.82) is 0 Å². The maximum Gasteiger partial charge on any atom is 0.416 e. The van der Waals surface area contributed by atoms with Gasteiger partial charge in [-0.2, -0.15) is 13.2 Å². The Kier molecular flexibility index (Phi) is 12.0. The molecule has 6 heteroatoms. The molecule has 0 atom stereocenters. The molecule has 2 aliphatic carbocycles. The third-order valence-corrected chi connectivity index (χ3v) is 16.1. The van der Waals surface area contributed by atoms with Gasteiger partial charge in [-0.05, 0) is 171 Å². The highest BCUT2D eigenvalue weighted by atomic mass is 19.4. The number of halogens is 3. The Morgan fingerprint density at radius 1 is 0.444 bits per heavy atom. The van der Waals surface area contributed by atoms with E-state index in [9.17, 15) is 13.2 Å². The van der Waals surface area contributed by atoms with Crippen LogP contribution in [0.3, 0.4) is 0 Å². The van der Waals surface area contributed by atoms with Crippen molar-refractivity contribution in [3.63, 3.8) is 0 Å². The van der Waals surface area contributed by atoms with Gasteiger partial charge in [0.2, 0.25) is 0 Å². The van der Waals surface area contributed by atoms with Crippen LogP contribution in [0, 0.1) is 13.8 Å². The summed E-state index contributed by atoms with van der Waals surface area (Å²) in [5.74, 6) is 0.469. The maximum atomic E-state index is 14.3. The van der Waals surface area contributed by atoms with Crippen LogP contribution in [0.1, 0.15) is 172 Å². The zero-order valence-electron chi connectivity index (χ0n) is 45.9. The molecule has 1 aromatic heterocycles. The number of anilines is 6. The highest BCUT2D eigenvalue weighted by Gasteiger charge is 2.44. The first-order valence-electron chi connectivity index (χ1n) is 25.9. The van der Waals surface area contributed by atoms with Crippen molar-refractivity contribution >= 4 is 34.1 Å². The Morgan fingerprint density at radius 2 is 0.917 bits per heavy atom. The average Bonchev–Trinajstić information content (AvgIpc) is 3.81. The minimum atomic E-state index is -4.49. The summed E-state index contributed by atoms with van der Waals surface area (Å²) >= 11 is 0. The molecule has 7 aromatic rings. The van der Waals surface area contributed by atoms with Crippen molar-refractivity contribution in [3.05, 3.63) is 177 Å². The summed E-state index contributed by atoms with van der Waals surface area (Å²) in [6.07, 6.45) is -0.484. The molecule has 0 unspecified atom stereocenters. The van der Waals surface area contributed by atoms with Crippen LogP contribution >= 0.6 is 0 Å². The lowest BCUT2D eigenvalue weighted by molar-refractivity contribution is -0.137. The van der Waals surface area contributed by atoms with Gasteiger partial charge in [0.05, 0.1) is 16.9 Å². The summed E-state index contributed by atoms with van der Waals surface area (Å²) in [6, 6.07) is 40.4. The minimum absolute atomic E-state index is 0.0129. The third-order valence-electron chi connectivity index (χ3n) is 16.1. The van der Waals surface area contributed by atoms with Crippen molar-refractivity contribution in [3.8, 4) is 22.5 Å². The smallest absolute Gasteiger partial charge is 0.416 e. The first-order chi connectivity index (χ1) is 33.3. The normalized spacial score (nSPS) is 16.0. The molecule has 3 nitrogen and oxygen atoms in total. The molecule has 9 rings (SSSR count). The van der Waals surface area contributed by atoms with E-state index in [-0.39, 0.29) is 27.1 Å². The molecule has 0 saturated heterocycles. The summed E-state index contributed by atoms with van der Waals surface area (Å²) in [6.45, 7) is 38.5. The standard InChI is InChI=1S/C66H75F3N2O/c1-40-34-48(38-49(35-40)71(47-26-20-43(21-27-47)61(6,7)8)56-39-72-59-52-37-45(66(67,68)69)22-29-53(52)65(16,17)58(56)59)70(46-24-18-42(19-25-46)60(3,4)5)55-31-23-44(62(9,10)11)36-51(55)50-28-30-54-57(41(50)2)64(14,15)33-32-63(54,12)13/h18-31,34-39H,32-33H2,1-17H3. The monoisotopic (exact) mass is 969 g/mol. The Labute approximate surface area is 428 Å². The van der Waals surface area contributed by atoms with Crippen molar-refractivity contribution in [1.82, 2.24) is 0 Å². The molecule has 72 heavy (non-hydrogen) atoms. The number of fused-ring (bicyclic) bond motifs is 4. The summed E-state index contributed by atoms with van der Waals surface area (Å²) in [5.41, 5.74) is 17.7. The summed E-state index contributed by atoms with van der Waals surface area (Å²) < 4.78 is 49.3. The molecule has 6 aromatic carbocycles. The van der Waals surface area contributed by atoms with Crippen molar-refractivity contribution in [2.45, 2.75) is 169 Å². The Bertz CT molecular complexity index is 3210. The van der Waals surface area contributed by atoms with Crippen LogP contribution < -0.4 is 9.80 Å². The quantitative estimate of drug-likeness (QED) is 0.159. The zero-order valence-corrected chi connectivity index (χ0v) is 45.9. The Hall–Kier alpha value is -6.01. The number of alkyl halides is 3. The number of benzene rings is 6. The molecule has 0 aliphatic heterocycles.